The molecule has 7 heteroatoms. The zero-order chi connectivity index (χ0) is 14.5. The van der Waals surface area contributed by atoms with Gasteiger partial charge in [0.1, 0.15) is 0 Å². The van der Waals surface area contributed by atoms with Gasteiger partial charge in [-0.25, -0.2) is 8.42 Å². The molecule has 108 valence electrons. The second kappa shape index (κ2) is 7.14. The first-order valence-corrected chi connectivity index (χ1v) is 8.51. The number of nitrogens with two attached hydrogens (primary N) is 1. The minimum atomic E-state index is -3.33. The molecule has 19 heavy (non-hydrogen) atoms. The number of sulfonamides is 1. The first-order chi connectivity index (χ1) is 8.86. The van der Waals surface area contributed by atoms with Crippen LogP contribution in [0.15, 0.2) is 29.2 Å². The maximum atomic E-state index is 12.0. The van der Waals surface area contributed by atoms with Crippen LogP contribution in [0.3, 0.4) is 0 Å². The van der Waals surface area contributed by atoms with Crippen LogP contribution in [0.5, 0.6) is 0 Å². The minimum Gasteiger partial charge on any atom is -0.399 e. The highest BCUT2D eigenvalue weighted by molar-refractivity contribution is 8.00. The Morgan fingerprint density at radius 1 is 1.47 bits per heavy atom. The average molecular weight is 304 g/mol. The molecule has 1 aromatic rings. The van der Waals surface area contributed by atoms with Crippen molar-refractivity contribution in [1.29, 1.82) is 0 Å². The van der Waals surface area contributed by atoms with Crippen LogP contribution in [0.4, 0.5) is 5.69 Å². The lowest BCUT2D eigenvalue weighted by Gasteiger charge is -2.22. The van der Waals surface area contributed by atoms with E-state index >= 15 is 0 Å². The van der Waals surface area contributed by atoms with Crippen LogP contribution < -0.4 is 5.73 Å². The van der Waals surface area contributed by atoms with Gasteiger partial charge < -0.3 is 10.8 Å². The molecule has 0 heterocycles. The summed E-state index contributed by atoms with van der Waals surface area (Å²) in [5.74, 6) is 0.488. The minimum absolute atomic E-state index is 0.0350. The Morgan fingerprint density at radius 2 is 2.16 bits per heavy atom. The van der Waals surface area contributed by atoms with Crippen molar-refractivity contribution < 1.29 is 13.5 Å². The number of nitrogen functional groups attached to an aromatic ring is 1. The fourth-order valence-electron chi connectivity index (χ4n) is 1.40. The summed E-state index contributed by atoms with van der Waals surface area (Å²) in [6, 6.07) is 6.94. The molecule has 0 radical (unpaired) electrons. The van der Waals surface area contributed by atoms with E-state index in [1.54, 1.807) is 13.0 Å². The molecule has 0 aliphatic heterocycles. The molecule has 5 nitrogen and oxygen atoms in total. The molecule has 1 atom stereocenters. The summed E-state index contributed by atoms with van der Waals surface area (Å²) in [7, 11) is -1.84. The maximum absolute atomic E-state index is 12.0. The van der Waals surface area contributed by atoms with Crippen molar-refractivity contribution in [3.63, 3.8) is 0 Å². The Kier molecular flexibility index (Phi) is 6.12. The Balaban J connectivity index is 2.52. The highest BCUT2D eigenvalue weighted by atomic mass is 32.2. The molecular formula is C12H20N2O3S2. The zero-order valence-corrected chi connectivity index (χ0v) is 12.7. The van der Waals surface area contributed by atoms with Crippen LogP contribution in [-0.4, -0.2) is 49.0 Å². The van der Waals surface area contributed by atoms with Gasteiger partial charge in [-0.1, -0.05) is 6.07 Å². The largest absolute Gasteiger partial charge is 0.399 e. The van der Waals surface area contributed by atoms with Crippen molar-refractivity contribution in [2.75, 3.05) is 30.9 Å². The maximum Gasteiger partial charge on any atom is 0.214 e. The fourth-order valence-corrected chi connectivity index (χ4v) is 4.11. The first-order valence-electron chi connectivity index (χ1n) is 5.91. The molecule has 1 unspecified atom stereocenters. The Morgan fingerprint density at radius 3 is 2.74 bits per heavy atom. The fraction of sp³-hybridized carbons (Fsp3) is 0.500. The van der Waals surface area contributed by atoms with E-state index in [2.05, 4.69) is 0 Å². The summed E-state index contributed by atoms with van der Waals surface area (Å²) >= 11 is 1.45. The van der Waals surface area contributed by atoms with Gasteiger partial charge in [0, 0.05) is 29.4 Å². The quantitative estimate of drug-likeness (QED) is 0.580. The zero-order valence-electron chi connectivity index (χ0n) is 11.1. The SMILES string of the molecule is CC(CO)N(C)S(=O)(=O)CCSc1cccc(N)c1. The van der Waals surface area contributed by atoms with Gasteiger partial charge >= 0.3 is 0 Å². The van der Waals surface area contributed by atoms with E-state index in [-0.39, 0.29) is 12.4 Å². The molecule has 0 aromatic heterocycles. The van der Waals surface area contributed by atoms with Crippen LogP contribution in [0.25, 0.3) is 0 Å². The molecule has 0 amide bonds. The van der Waals surface area contributed by atoms with E-state index in [4.69, 9.17) is 10.8 Å². The number of likely N-dealkylation sites (N-methyl/N-ethyl adjacent to an activating group) is 1. The van der Waals surface area contributed by atoms with Crippen molar-refractivity contribution >= 4 is 27.5 Å². The smallest absolute Gasteiger partial charge is 0.214 e. The van der Waals surface area contributed by atoms with E-state index in [0.717, 1.165) is 4.90 Å². The summed E-state index contributed by atoms with van der Waals surface area (Å²) in [6.07, 6.45) is 0. The molecule has 0 saturated heterocycles. The van der Waals surface area contributed by atoms with Gasteiger partial charge in [-0.2, -0.15) is 4.31 Å². The molecule has 0 spiro atoms. The van der Waals surface area contributed by atoms with Crippen molar-refractivity contribution in [3.8, 4) is 0 Å². The third-order valence-electron chi connectivity index (χ3n) is 2.79. The lowest BCUT2D eigenvalue weighted by Crippen LogP contribution is -2.39. The Hall–Kier alpha value is -0.760. The third-order valence-corrected chi connectivity index (χ3v) is 6.00. The number of aliphatic hydroxyl groups is 1. The Bertz CT molecular complexity index is 505. The Labute approximate surface area is 118 Å². The third kappa shape index (κ3) is 5.02. The van der Waals surface area contributed by atoms with Gasteiger partial charge in [0.25, 0.3) is 0 Å². The van der Waals surface area contributed by atoms with Crippen LogP contribution in [0.2, 0.25) is 0 Å². The second-order valence-corrected chi connectivity index (χ2v) is 7.60. The summed E-state index contributed by atoms with van der Waals surface area (Å²) in [4.78, 5) is 0.952. The van der Waals surface area contributed by atoms with E-state index in [0.29, 0.717) is 11.4 Å². The molecule has 0 saturated carbocycles. The number of anilines is 1. The number of benzene rings is 1. The van der Waals surface area contributed by atoms with E-state index < -0.39 is 16.1 Å². The lowest BCUT2D eigenvalue weighted by atomic mass is 10.3. The molecular weight excluding hydrogens is 284 g/mol. The van der Waals surface area contributed by atoms with Crippen molar-refractivity contribution in [3.05, 3.63) is 24.3 Å². The molecule has 0 bridgehead atoms. The van der Waals surface area contributed by atoms with Crippen molar-refractivity contribution in [1.82, 2.24) is 4.31 Å². The molecule has 0 aliphatic rings. The molecule has 1 rings (SSSR count). The summed E-state index contributed by atoms with van der Waals surface area (Å²) in [6.45, 7) is 1.49. The summed E-state index contributed by atoms with van der Waals surface area (Å²) in [5.41, 5.74) is 6.32. The van der Waals surface area contributed by atoms with Crippen LogP contribution >= 0.6 is 11.8 Å². The van der Waals surface area contributed by atoms with Gasteiger partial charge in [-0.15, -0.1) is 11.8 Å². The predicted octanol–water partition coefficient (Wildman–Crippen LogP) is 1.00. The first kappa shape index (κ1) is 16.3. The molecule has 1 aromatic carbocycles. The highest BCUT2D eigenvalue weighted by Crippen LogP contribution is 2.20. The highest BCUT2D eigenvalue weighted by Gasteiger charge is 2.22. The number of hydrogen-bond acceptors (Lipinski definition) is 5. The van der Waals surface area contributed by atoms with Crippen LogP contribution in [0.1, 0.15) is 6.92 Å². The van der Waals surface area contributed by atoms with E-state index in [1.165, 1.54) is 23.1 Å². The van der Waals surface area contributed by atoms with Crippen LogP contribution in [0, 0.1) is 0 Å². The molecule has 0 aliphatic carbocycles. The number of hydrogen-bond donors (Lipinski definition) is 2. The van der Waals surface area contributed by atoms with Gasteiger partial charge in [0.15, 0.2) is 0 Å². The van der Waals surface area contributed by atoms with Crippen molar-refractivity contribution in [2.45, 2.75) is 17.9 Å². The number of aliphatic hydroxyl groups excluding tert-OH is 1. The van der Waals surface area contributed by atoms with Gasteiger partial charge in [-0.05, 0) is 25.1 Å². The average Bonchev–Trinajstić information content (AvgIpc) is 2.36. The van der Waals surface area contributed by atoms with Gasteiger partial charge in [-0.3, -0.25) is 0 Å². The number of thioether (sulfide) groups is 1. The number of nitrogens with zero attached hydrogens (tertiary/aromatic N) is 1. The summed E-state index contributed by atoms with van der Waals surface area (Å²) in [5, 5.41) is 8.98. The normalized spacial score (nSPS) is 13.7. The monoisotopic (exact) mass is 304 g/mol. The van der Waals surface area contributed by atoms with Gasteiger partial charge in [0.2, 0.25) is 10.0 Å². The molecule has 3 N–H and O–H groups in total. The topological polar surface area (TPSA) is 83.6 Å². The van der Waals surface area contributed by atoms with Crippen LogP contribution in [-0.2, 0) is 10.0 Å². The predicted molar refractivity (Wildman–Crippen MR) is 79.7 cm³/mol. The van der Waals surface area contributed by atoms with Crippen molar-refractivity contribution in [2.24, 2.45) is 0 Å². The van der Waals surface area contributed by atoms with E-state index in [9.17, 15) is 8.42 Å². The standard InChI is InChI=1S/C12H20N2O3S2/c1-10(9-15)14(2)19(16,17)7-6-18-12-5-3-4-11(13)8-12/h3-5,8,10,15H,6-7,9,13H2,1-2H3. The second-order valence-electron chi connectivity index (χ2n) is 4.28. The number of rotatable bonds is 7. The summed E-state index contributed by atoms with van der Waals surface area (Å²) < 4.78 is 25.1. The van der Waals surface area contributed by atoms with E-state index in [1.807, 2.05) is 18.2 Å². The lowest BCUT2D eigenvalue weighted by molar-refractivity contribution is 0.214. The van der Waals surface area contributed by atoms with Gasteiger partial charge in [0.05, 0.1) is 12.4 Å². The molecule has 0 fully saturated rings.